The number of thiophene rings is 1. The predicted molar refractivity (Wildman–Crippen MR) is 65.8 cm³/mol. The van der Waals surface area contributed by atoms with Crippen LogP contribution in [0.5, 0.6) is 0 Å². The molecule has 6 heteroatoms. The molecule has 1 aromatic heterocycles. The van der Waals surface area contributed by atoms with E-state index in [-0.39, 0.29) is 31.2 Å². The highest BCUT2D eigenvalue weighted by molar-refractivity contribution is 7.12. The molecule has 94 valence electrons. The zero-order valence-electron chi connectivity index (χ0n) is 9.46. The first-order chi connectivity index (χ1) is 8.56. The van der Waals surface area contributed by atoms with Crippen LogP contribution in [0.3, 0.4) is 0 Å². The lowest BCUT2D eigenvalue weighted by atomic mass is 10.4. The molecule has 0 bridgehead atoms. The molecule has 0 aliphatic carbocycles. The van der Waals surface area contributed by atoms with Crippen molar-refractivity contribution < 1.29 is 19.5 Å². The highest BCUT2D eigenvalue weighted by Crippen LogP contribution is 2.22. The molecule has 2 rings (SSSR count). The van der Waals surface area contributed by atoms with Gasteiger partial charge in [0.25, 0.3) is 0 Å². The van der Waals surface area contributed by atoms with Gasteiger partial charge >= 0.3 is 5.97 Å². The summed E-state index contributed by atoms with van der Waals surface area (Å²) in [4.78, 5) is 36.1. The summed E-state index contributed by atoms with van der Waals surface area (Å²) in [5, 5.41) is 8.50. The van der Waals surface area contributed by atoms with Crippen LogP contribution in [0.15, 0.2) is 18.2 Å². The van der Waals surface area contributed by atoms with E-state index in [2.05, 4.69) is 0 Å². The Hall–Kier alpha value is -1.95. The lowest BCUT2D eigenvalue weighted by Gasteiger charge is -2.11. The second-order valence-corrected chi connectivity index (χ2v) is 5.05. The van der Waals surface area contributed by atoms with Crippen molar-refractivity contribution in [2.75, 3.05) is 0 Å². The molecule has 0 radical (unpaired) electrons. The Morgan fingerprint density at radius 1 is 1.33 bits per heavy atom. The van der Waals surface area contributed by atoms with Crippen LogP contribution in [-0.2, 0) is 20.9 Å². The number of hydrogen-bond acceptors (Lipinski definition) is 4. The van der Waals surface area contributed by atoms with Crippen LogP contribution in [0.25, 0.3) is 6.08 Å². The van der Waals surface area contributed by atoms with Gasteiger partial charge in [0.15, 0.2) is 0 Å². The first kappa shape index (κ1) is 12.5. The number of amides is 2. The normalized spacial score (nSPS) is 15.9. The zero-order chi connectivity index (χ0) is 13.1. The lowest BCUT2D eigenvalue weighted by molar-refractivity contribution is -0.139. The standard InChI is InChI=1S/C12H11NO4S/c14-10-4-5-11(15)13(10)7-9-2-1-8(18-9)3-6-12(16)17/h1-3,6H,4-5,7H2,(H,16,17). The van der Waals surface area contributed by atoms with Gasteiger partial charge in [-0.3, -0.25) is 14.5 Å². The van der Waals surface area contributed by atoms with Gasteiger partial charge in [-0.1, -0.05) is 0 Å². The van der Waals surface area contributed by atoms with Gasteiger partial charge < -0.3 is 5.11 Å². The molecule has 0 spiro atoms. The molecule has 0 saturated carbocycles. The summed E-state index contributed by atoms with van der Waals surface area (Å²) in [6, 6.07) is 3.57. The molecule has 0 aromatic carbocycles. The van der Waals surface area contributed by atoms with Gasteiger partial charge in [-0.15, -0.1) is 11.3 Å². The number of aliphatic carboxylic acids is 1. The molecule has 18 heavy (non-hydrogen) atoms. The minimum Gasteiger partial charge on any atom is -0.478 e. The molecule has 1 aromatic rings. The van der Waals surface area contributed by atoms with E-state index in [1.165, 1.54) is 22.3 Å². The Morgan fingerprint density at radius 3 is 2.61 bits per heavy atom. The van der Waals surface area contributed by atoms with Gasteiger partial charge in [-0.05, 0) is 18.2 Å². The fourth-order valence-corrected chi connectivity index (χ4v) is 2.58. The molecular weight excluding hydrogens is 254 g/mol. The van der Waals surface area contributed by atoms with E-state index in [0.29, 0.717) is 0 Å². The average molecular weight is 265 g/mol. The third kappa shape index (κ3) is 2.84. The Balaban J connectivity index is 2.04. The van der Waals surface area contributed by atoms with E-state index in [0.717, 1.165) is 15.8 Å². The highest BCUT2D eigenvalue weighted by atomic mass is 32.1. The molecule has 0 atom stereocenters. The van der Waals surface area contributed by atoms with Crippen LogP contribution in [0, 0.1) is 0 Å². The third-order valence-corrected chi connectivity index (χ3v) is 3.58. The van der Waals surface area contributed by atoms with Crippen molar-refractivity contribution in [3.8, 4) is 0 Å². The minimum absolute atomic E-state index is 0.143. The van der Waals surface area contributed by atoms with Gasteiger partial charge in [0.2, 0.25) is 11.8 Å². The van der Waals surface area contributed by atoms with Crippen molar-refractivity contribution in [2.24, 2.45) is 0 Å². The number of rotatable bonds is 4. The molecule has 1 fully saturated rings. The first-order valence-electron chi connectivity index (χ1n) is 5.39. The molecule has 2 heterocycles. The Labute approximate surface area is 107 Å². The minimum atomic E-state index is -1.00. The van der Waals surface area contributed by atoms with Gasteiger partial charge in [0, 0.05) is 28.7 Å². The summed E-state index contributed by atoms with van der Waals surface area (Å²) in [6.45, 7) is 0.281. The van der Waals surface area contributed by atoms with Gasteiger partial charge in [-0.25, -0.2) is 4.79 Å². The molecule has 1 N–H and O–H groups in total. The summed E-state index contributed by atoms with van der Waals surface area (Å²) in [5.41, 5.74) is 0. The smallest absolute Gasteiger partial charge is 0.328 e. The Bertz CT molecular complexity index is 516. The van der Waals surface area contributed by atoms with Crippen LogP contribution in [0.4, 0.5) is 0 Å². The van der Waals surface area contributed by atoms with E-state index in [1.807, 2.05) is 0 Å². The number of hydrogen-bond donors (Lipinski definition) is 1. The predicted octanol–water partition coefficient (Wildman–Crippen LogP) is 1.49. The van der Waals surface area contributed by atoms with Crippen molar-refractivity contribution in [2.45, 2.75) is 19.4 Å². The van der Waals surface area contributed by atoms with Crippen LogP contribution in [0.1, 0.15) is 22.6 Å². The molecular formula is C12H11NO4S. The molecule has 2 amide bonds. The third-order valence-electron chi connectivity index (χ3n) is 2.54. The number of carboxylic acids is 1. The Morgan fingerprint density at radius 2 is 2.00 bits per heavy atom. The van der Waals surface area contributed by atoms with E-state index in [1.54, 1.807) is 12.1 Å². The monoisotopic (exact) mass is 265 g/mol. The first-order valence-corrected chi connectivity index (χ1v) is 6.21. The average Bonchev–Trinajstić information content (AvgIpc) is 2.88. The van der Waals surface area contributed by atoms with Gasteiger partial charge in [0.05, 0.1) is 6.54 Å². The summed E-state index contributed by atoms with van der Waals surface area (Å²) in [5.74, 6) is -1.29. The maximum Gasteiger partial charge on any atom is 0.328 e. The van der Waals surface area contributed by atoms with Gasteiger partial charge in [0.1, 0.15) is 0 Å². The van der Waals surface area contributed by atoms with E-state index in [9.17, 15) is 14.4 Å². The van der Waals surface area contributed by atoms with Crippen molar-refractivity contribution in [1.82, 2.24) is 4.90 Å². The highest BCUT2D eigenvalue weighted by Gasteiger charge is 2.28. The number of likely N-dealkylation sites (tertiary alicyclic amines) is 1. The maximum absolute atomic E-state index is 11.4. The van der Waals surface area contributed by atoms with Crippen LogP contribution in [-0.4, -0.2) is 27.8 Å². The van der Waals surface area contributed by atoms with Crippen molar-refractivity contribution in [1.29, 1.82) is 0 Å². The van der Waals surface area contributed by atoms with E-state index < -0.39 is 5.97 Å². The van der Waals surface area contributed by atoms with Crippen molar-refractivity contribution >= 4 is 35.2 Å². The number of carbonyl (C=O) groups is 3. The SMILES string of the molecule is O=C(O)C=Cc1ccc(CN2C(=O)CCC2=O)s1. The van der Waals surface area contributed by atoms with Crippen LogP contribution >= 0.6 is 11.3 Å². The Kier molecular flexibility index (Phi) is 3.57. The quantitative estimate of drug-likeness (QED) is 0.661. The molecule has 0 unspecified atom stereocenters. The summed E-state index contributed by atoms with van der Waals surface area (Å²) < 4.78 is 0. The molecule has 1 saturated heterocycles. The fraction of sp³-hybridized carbons (Fsp3) is 0.250. The molecule has 1 aliphatic rings. The fourth-order valence-electron chi connectivity index (χ4n) is 1.68. The number of carbonyl (C=O) groups excluding carboxylic acids is 2. The summed E-state index contributed by atoms with van der Waals surface area (Å²) in [6.07, 6.45) is 3.12. The lowest BCUT2D eigenvalue weighted by Crippen LogP contribution is -2.27. The number of nitrogens with zero attached hydrogens (tertiary/aromatic N) is 1. The molecule has 5 nitrogen and oxygen atoms in total. The van der Waals surface area contributed by atoms with Gasteiger partial charge in [-0.2, -0.15) is 0 Å². The second kappa shape index (κ2) is 5.14. The number of imide groups is 1. The summed E-state index contributed by atoms with van der Waals surface area (Å²) in [7, 11) is 0. The topological polar surface area (TPSA) is 74.7 Å². The largest absolute Gasteiger partial charge is 0.478 e. The van der Waals surface area contributed by atoms with E-state index in [4.69, 9.17) is 5.11 Å². The van der Waals surface area contributed by atoms with Crippen molar-refractivity contribution in [3.63, 3.8) is 0 Å². The summed E-state index contributed by atoms with van der Waals surface area (Å²) >= 11 is 1.37. The van der Waals surface area contributed by atoms with Crippen molar-refractivity contribution in [3.05, 3.63) is 28.0 Å². The van der Waals surface area contributed by atoms with E-state index >= 15 is 0 Å². The second-order valence-electron chi connectivity index (χ2n) is 3.85. The zero-order valence-corrected chi connectivity index (χ0v) is 10.3. The van der Waals surface area contributed by atoms with Crippen LogP contribution < -0.4 is 0 Å². The maximum atomic E-state index is 11.4. The van der Waals surface area contributed by atoms with Crippen LogP contribution in [0.2, 0.25) is 0 Å². The molecule has 1 aliphatic heterocycles. The number of carboxylic acid groups (broad SMARTS) is 1.